The maximum Gasteiger partial charge on any atom is 0.220 e. The van der Waals surface area contributed by atoms with Crippen molar-refractivity contribution in [2.24, 2.45) is 0 Å². The highest BCUT2D eigenvalue weighted by Gasteiger charge is 2.15. The molecule has 2 N–H and O–H groups in total. The number of ether oxygens (including phenoxy) is 1. The molecule has 2 aliphatic rings. The molecule has 1 atom stereocenters. The average molecular weight is 268 g/mol. The van der Waals surface area contributed by atoms with Crippen LogP contribution in [0.4, 0.5) is 0 Å². The Kier molecular flexibility index (Phi) is 6.65. The van der Waals surface area contributed by atoms with E-state index in [9.17, 15) is 4.79 Å². The van der Waals surface area contributed by atoms with E-state index in [2.05, 4.69) is 10.6 Å². The Morgan fingerprint density at radius 2 is 2.00 bits per heavy atom. The molecule has 110 valence electrons. The summed E-state index contributed by atoms with van der Waals surface area (Å²) in [6.45, 7) is 2.70. The van der Waals surface area contributed by atoms with Crippen molar-refractivity contribution in [3.05, 3.63) is 0 Å². The van der Waals surface area contributed by atoms with E-state index >= 15 is 0 Å². The fraction of sp³-hybridized carbons (Fsp3) is 0.933. The molecule has 0 aromatic heterocycles. The van der Waals surface area contributed by atoms with E-state index in [0.29, 0.717) is 18.6 Å². The van der Waals surface area contributed by atoms with E-state index in [-0.39, 0.29) is 5.91 Å². The van der Waals surface area contributed by atoms with Crippen molar-refractivity contribution < 1.29 is 9.53 Å². The summed E-state index contributed by atoms with van der Waals surface area (Å²) in [6, 6.07) is 0.494. The molecule has 19 heavy (non-hydrogen) atoms. The molecule has 1 aliphatic carbocycles. The van der Waals surface area contributed by atoms with Crippen molar-refractivity contribution in [1.29, 1.82) is 0 Å². The first kappa shape index (κ1) is 14.8. The minimum Gasteiger partial charge on any atom is -0.378 e. The third-order valence-electron chi connectivity index (χ3n) is 4.19. The van der Waals surface area contributed by atoms with Crippen molar-refractivity contribution in [3.8, 4) is 0 Å². The van der Waals surface area contributed by atoms with Gasteiger partial charge in [0, 0.05) is 25.6 Å². The van der Waals surface area contributed by atoms with Gasteiger partial charge in [-0.2, -0.15) is 0 Å². The van der Waals surface area contributed by atoms with Crippen LogP contribution in [0.25, 0.3) is 0 Å². The molecule has 0 aromatic rings. The SMILES string of the molecule is O=C1CCC(NCCCOC2CCCCC2)CCN1. The Morgan fingerprint density at radius 1 is 1.16 bits per heavy atom. The van der Waals surface area contributed by atoms with Gasteiger partial charge in [0.25, 0.3) is 0 Å². The van der Waals surface area contributed by atoms with E-state index < -0.39 is 0 Å². The number of hydrogen-bond donors (Lipinski definition) is 2. The lowest BCUT2D eigenvalue weighted by molar-refractivity contribution is -0.120. The molecule has 4 heteroatoms. The summed E-state index contributed by atoms with van der Waals surface area (Å²) in [5, 5.41) is 6.46. The molecule has 0 aromatic carbocycles. The minimum absolute atomic E-state index is 0.199. The summed E-state index contributed by atoms with van der Waals surface area (Å²) < 4.78 is 5.91. The van der Waals surface area contributed by atoms with Crippen LogP contribution in [0.1, 0.15) is 57.8 Å². The molecule has 0 spiro atoms. The smallest absolute Gasteiger partial charge is 0.220 e. The van der Waals surface area contributed by atoms with E-state index in [1.165, 1.54) is 32.1 Å². The van der Waals surface area contributed by atoms with Crippen LogP contribution in [-0.4, -0.2) is 37.7 Å². The molecule has 1 unspecified atom stereocenters. The Labute approximate surface area is 116 Å². The minimum atomic E-state index is 0.199. The number of carbonyl (C=O) groups is 1. The largest absolute Gasteiger partial charge is 0.378 e. The van der Waals surface area contributed by atoms with E-state index in [4.69, 9.17) is 4.74 Å². The number of amides is 1. The van der Waals surface area contributed by atoms with E-state index in [1.54, 1.807) is 0 Å². The monoisotopic (exact) mass is 268 g/mol. The van der Waals surface area contributed by atoms with Gasteiger partial charge in [0.1, 0.15) is 0 Å². The fourth-order valence-electron chi connectivity index (χ4n) is 2.99. The molecule has 2 rings (SSSR count). The third kappa shape index (κ3) is 5.91. The van der Waals surface area contributed by atoms with Crippen molar-refractivity contribution in [2.45, 2.75) is 69.9 Å². The number of hydrogen-bond acceptors (Lipinski definition) is 3. The van der Waals surface area contributed by atoms with Crippen molar-refractivity contribution in [3.63, 3.8) is 0 Å². The van der Waals surface area contributed by atoms with Crippen molar-refractivity contribution in [1.82, 2.24) is 10.6 Å². The normalized spacial score (nSPS) is 25.9. The molecule has 2 fully saturated rings. The summed E-state index contributed by atoms with van der Waals surface area (Å²) in [6.07, 6.45) is 10.9. The molecule has 1 saturated carbocycles. The second kappa shape index (κ2) is 8.54. The standard InChI is InChI=1S/C15H28N2O2/c18-15-8-7-13(9-11-17-15)16-10-4-12-19-14-5-2-1-3-6-14/h13-14,16H,1-12H2,(H,17,18). The van der Waals surface area contributed by atoms with Gasteiger partial charge in [0.15, 0.2) is 0 Å². The molecule has 1 aliphatic heterocycles. The summed E-state index contributed by atoms with van der Waals surface area (Å²) in [7, 11) is 0. The number of carbonyl (C=O) groups excluding carboxylic acids is 1. The molecule has 1 amide bonds. The molecular formula is C15H28N2O2. The topological polar surface area (TPSA) is 50.4 Å². The van der Waals surface area contributed by atoms with Crippen LogP contribution in [0, 0.1) is 0 Å². The Bertz CT molecular complexity index is 265. The zero-order valence-electron chi connectivity index (χ0n) is 12.0. The van der Waals surface area contributed by atoms with Gasteiger partial charge in [-0.25, -0.2) is 0 Å². The van der Waals surface area contributed by atoms with Gasteiger partial charge >= 0.3 is 0 Å². The highest BCUT2D eigenvalue weighted by molar-refractivity contribution is 5.76. The second-order valence-corrected chi connectivity index (χ2v) is 5.81. The molecular weight excluding hydrogens is 240 g/mol. The van der Waals surface area contributed by atoms with Crippen LogP contribution < -0.4 is 10.6 Å². The molecule has 0 radical (unpaired) electrons. The highest BCUT2D eigenvalue weighted by Crippen LogP contribution is 2.20. The van der Waals surface area contributed by atoms with Crippen LogP contribution in [0.15, 0.2) is 0 Å². The predicted octanol–water partition coefficient (Wildman–Crippen LogP) is 1.98. The van der Waals surface area contributed by atoms with Gasteiger partial charge in [-0.05, 0) is 38.6 Å². The van der Waals surface area contributed by atoms with Crippen LogP contribution in [0.5, 0.6) is 0 Å². The van der Waals surface area contributed by atoms with Crippen LogP contribution in [-0.2, 0) is 9.53 Å². The molecule has 1 heterocycles. The van der Waals surface area contributed by atoms with Gasteiger partial charge in [-0.1, -0.05) is 19.3 Å². The Balaban J connectivity index is 1.48. The van der Waals surface area contributed by atoms with Crippen molar-refractivity contribution in [2.75, 3.05) is 19.7 Å². The summed E-state index contributed by atoms with van der Waals surface area (Å²) in [4.78, 5) is 11.2. The van der Waals surface area contributed by atoms with Gasteiger partial charge in [0.2, 0.25) is 5.91 Å². The van der Waals surface area contributed by atoms with Crippen LogP contribution >= 0.6 is 0 Å². The number of nitrogens with one attached hydrogen (secondary N) is 2. The zero-order chi connectivity index (χ0) is 13.3. The van der Waals surface area contributed by atoms with Crippen LogP contribution in [0.3, 0.4) is 0 Å². The predicted molar refractivity (Wildman–Crippen MR) is 76.1 cm³/mol. The second-order valence-electron chi connectivity index (χ2n) is 5.81. The third-order valence-corrected chi connectivity index (χ3v) is 4.19. The first-order chi connectivity index (χ1) is 9.34. The van der Waals surface area contributed by atoms with E-state index in [0.717, 1.165) is 39.0 Å². The lowest BCUT2D eigenvalue weighted by Gasteiger charge is -2.22. The van der Waals surface area contributed by atoms with Crippen molar-refractivity contribution >= 4 is 5.91 Å². The molecule has 4 nitrogen and oxygen atoms in total. The fourth-order valence-corrected chi connectivity index (χ4v) is 2.99. The molecule has 1 saturated heterocycles. The first-order valence-corrected chi connectivity index (χ1v) is 7.96. The highest BCUT2D eigenvalue weighted by atomic mass is 16.5. The van der Waals surface area contributed by atoms with Gasteiger partial charge in [0.05, 0.1) is 6.10 Å². The summed E-state index contributed by atoms with van der Waals surface area (Å²) in [5.74, 6) is 0.199. The first-order valence-electron chi connectivity index (χ1n) is 7.96. The van der Waals surface area contributed by atoms with E-state index in [1.807, 2.05) is 0 Å². The van der Waals surface area contributed by atoms with Gasteiger partial charge in [-0.15, -0.1) is 0 Å². The van der Waals surface area contributed by atoms with Gasteiger partial charge in [-0.3, -0.25) is 4.79 Å². The maximum absolute atomic E-state index is 11.2. The summed E-state index contributed by atoms with van der Waals surface area (Å²) >= 11 is 0. The summed E-state index contributed by atoms with van der Waals surface area (Å²) in [5.41, 5.74) is 0. The van der Waals surface area contributed by atoms with Gasteiger partial charge < -0.3 is 15.4 Å². The quantitative estimate of drug-likeness (QED) is 0.724. The Morgan fingerprint density at radius 3 is 2.84 bits per heavy atom. The maximum atomic E-state index is 11.2. The Hall–Kier alpha value is -0.610. The number of rotatable bonds is 6. The lowest BCUT2D eigenvalue weighted by Crippen LogP contribution is -2.31. The van der Waals surface area contributed by atoms with Crippen LogP contribution in [0.2, 0.25) is 0 Å². The lowest BCUT2D eigenvalue weighted by atomic mass is 9.98. The average Bonchev–Trinajstić information content (AvgIpc) is 2.64. The zero-order valence-corrected chi connectivity index (χ0v) is 12.0. The molecule has 0 bridgehead atoms.